The van der Waals surface area contributed by atoms with Gasteiger partial charge in [-0.25, -0.2) is 38.4 Å². The van der Waals surface area contributed by atoms with Gasteiger partial charge in [0.25, 0.3) is 0 Å². The highest BCUT2D eigenvalue weighted by Crippen LogP contribution is 2.29. The molecule has 0 aliphatic rings. The number of hydrogen-bond acceptors (Lipinski definition) is 34. The number of hydrogen-bond donors (Lipinski definition) is 8. The van der Waals surface area contributed by atoms with Crippen molar-refractivity contribution in [3.05, 3.63) is 97.2 Å². The number of rotatable bonds is 64. The van der Waals surface area contributed by atoms with Gasteiger partial charge in [0.05, 0.1) is 148 Å². The highest BCUT2D eigenvalue weighted by molar-refractivity contribution is 5.84. The van der Waals surface area contributed by atoms with Crippen molar-refractivity contribution in [3.8, 4) is 0 Å². The first kappa shape index (κ1) is 98.0. The molecule has 0 radical (unpaired) electrons. The van der Waals surface area contributed by atoms with Crippen LogP contribution < -0.4 is 0 Å². The summed E-state index contributed by atoms with van der Waals surface area (Å²) in [5.41, 5.74) is -4.88. The molecule has 8 N–H and O–H groups in total. The molecule has 0 amide bonds. The fourth-order valence-electron chi connectivity index (χ4n) is 8.29. The summed E-state index contributed by atoms with van der Waals surface area (Å²) in [6, 6.07) is 0. The van der Waals surface area contributed by atoms with Crippen LogP contribution in [-0.4, -0.2) is 322 Å². The van der Waals surface area contributed by atoms with E-state index in [4.69, 9.17) is 85.3 Å². The first-order chi connectivity index (χ1) is 50.2. The molecule has 0 bridgehead atoms. The van der Waals surface area contributed by atoms with Gasteiger partial charge >= 0.3 is 47.8 Å². The van der Waals surface area contributed by atoms with E-state index in [-0.39, 0.29) is 0 Å². The van der Waals surface area contributed by atoms with Gasteiger partial charge in [-0.05, 0) is 55.4 Å². The lowest BCUT2D eigenvalue weighted by molar-refractivity contribution is -0.172. The Hall–Kier alpha value is -7.04. The second-order valence-electron chi connectivity index (χ2n) is 23.9. The molecule has 0 rings (SSSR count). The Morgan fingerprint density at radius 1 is 0.200 bits per heavy atom. The van der Waals surface area contributed by atoms with Crippen molar-refractivity contribution in [2.75, 3.05) is 185 Å². The highest BCUT2D eigenvalue weighted by atomic mass is 16.6. The minimum absolute atomic E-state index is 0.465. The molecule has 34 nitrogen and oxygen atoms in total. The molecule has 105 heavy (non-hydrogen) atoms. The maximum atomic E-state index is 12.3. The zero-order valence-electron chi connectivity index (χ0n) is 61.3. The smallest absolute Gasteiger partial charge is 0.330 e. The molecular formula is C71H112O34. The second kappa shape index (κ2) is 61.0. The summed E-state index contributed by atoms with van der Waals surface area (Å²) in [6.07, 6.45) is 8.88. The number of carbonyl (C=O) groups is 8. The summed E-state index contributed by atoms with van der Waals surface area (Å²) in [4.78, 5) is 97.7. The lowest BCUT2D eigenvalue weighted by Gasteiger charge is -2.38. The molecule has 0 spiro atoms. The van der Waals surface area contributed by atoms with Gasteiger partial charge in [0.15, 0.2) is 0 Å². The normalized spacial score (nSPS) is 16.2. The molecule has 0 fully saturated rings. The minimum Gasteiger partial charge on any atom is -0.460 e. The van der Waals surface area contributed by atoms with E-state index in [2.05, 4.69) is 0 Å². The van der Waals surface area contributed by atoms with E-state index in [1.54, 1.807) is 55.4 Å². The van der Waals surface area contributed by atoms with E-state index in [0.717, 1.165) is 48.6 Å². The summed E-state index contributed by atoms with van der Waals surface area (Å²) in [5.74, 6) is -6.14. The van der Waals surface area contributed by atoms with E-state index in [9.17, 15) is 79.2 Å². The van der Waals surface area contributed by atoms with Gasteiger partial charge in [0.1, 0.15) is 102 Å². The van der Waals surface area contributed by atoms with Crippen LogP contribution in [0.4, 0.5) is 0 Å². The number of allylic oxidation sites excluding steroid dienone is 8. The van der Waals surface area contributed by atoms with Gasteiger partial charge in [-0.1, -0.05) is 48.6 Å². The van der Waals surface area contributed by atoms with Crippen molar-refractivity contribution in [2.45, 2.75) is 104 Å². The number of ether oxygens (including phenoxy) is 18. The second-order valence-corrected chi connectivity index (χ2v) is 23.9. The third-order valence-corrected chi connectivity index (χ3v) is 13.1. The van der Waals surface area contributed by atoms with Crippen molar-refractivity contribution in [3.63, 3.8) is 0 Å². The summed E-state index contributed by atoms with van der Waals surface area (Å²) in [7, 11) is 0. The van der Waals surface area contributed by atoms with E-state index < -0.39 is 298 Å². The van der Waals surface area contributed by atoms with Crippen LogP contribution in [-0.2, 0) is 124 Å². The van der Waals surface area contributed by atoms with Crippen LogP contribution in [0, 0.1) is 16.2 Å². The predicted octanol–water partition coefficient (Wildman–Crippen LogP) is -0.0468. The molecule has 0 saturated heterocycles. The Bertz CT molecular complexity index is 2280. The Kier molecular flexibility index (Phi) is 56.9. The maximum absolute atomic E-state index is 12.3. The van der Waals surface area contributed by atoms with Crippen LogP contribution in [0.1, 0.15) is 55.4 Å². The topological polar surface area (TPSA) is 465 Å². The van der Waals surface area contributed by atoms with E-state index >= 15 is 0 Å². The van der Waals surface area contributed by atoms with Crippen molar-refractivity contribution in [2.24, 2.45) is 16.2 Å². The van der Waals surface area contributed by atoms with Gasteiger partial charge in [-0.3, -0.25) is 0 Å². The number of aliphatic hydroxyl groups excluding tert-OH is 8. The zero-order chi connectivity index (χ0) is 78.6. The molecule has 0 aromatic carbocycles. The van der Waals surface area contributed by atoms with Crippen LogP contribution in [0.3, 0.4) is 0 Å². The van der Waals surface area contributed by atoms with Gasteiger partial charge in [-0.2, -0.15) is 0 Å². The average molecular weight is 1510 g/mol. The Morgan fingerprint density at radius 3 is 0.410 bits per heavy atom. The number of carbonyl (C=O) groups excluding carboxylic acids is 8. The quantitative estimate of drug-likeness (QED) is 0.0225. The standard InChI is InChI=1S/C71H112O34/c1-9-17-61(80)98-33-53(72)25-88-41-69(42-89-26-54(73)34-99-62(81)18-10-2,43-90-27-55(74)35-100-63(82)19-11-3)49-96-51-71(47-94-31-59(78)39-104-67(86)23-15-7,48-95-32-60(79)40-105-68(87)24-16-8)52-97-50-70(44-91-28-56(75)36-101-64(83)20-12-4,45-92-29-57(76)37-102-65(84)21-13-5)46-93-30-58(77)38-103-66(85)22-14-6/h9-24,53-60,72-79H,25-52H2,1-8H3. The van der Waals surface area contributed by atoms with Crippen molar-refractivity contribution in [1.29, 1.82) is 0 Å². The van der Waals surface area contributed by atoms with Crippen LogP contribution in [0.2, 0.25) is 0 Å². The summed E-state index contributed by atoms with van der Waals surface area (Å²) in [6.45, 7) is -1.63. The van der Waals surface area contributed by atoms with E-state index in [1.807, 2.05) is 0 Å². The first-order valence-corrected chi connectivity index (χ1v) is 33.8. The van der Waals surface area contributed by atoms with Gasteiger partial charge < -0.3 is 126 Å². The highest BCUT2D eigenvalue weighted by Gasteiger charge is 2.40. The third kappa shape index (κ3) is 52.6. The van der Waals surface area contributed by atoms with E-state index in [1.165, 1.54) is 48.6 Å². The van der Waals surface area contributed by atoms with Gasteiger partial charge in [0, 0.05) is 48.6 Å². The van der Waals surface area contributed by atoms with Gasteiger partial charge in [-0.15, -0.1) is 0 Å². The first-order valence-electron chi connectivity index (χ1n) is 33.8. The molecule has 8 unspecified atom stereocenters. The predicted molar refractivity (Wildman–Crippen MR) is 370 cm³/mol. The molecule has 0 heterocycles. The largest absolute Gasteiger partial charge is 0.460 e. The molecule has 0 aliphatic carbocycles. The molecule has 0 aromatic rings. The van der Waals surface area contributed by atoms with Crippen LogP contribution in [0.25, 0.3) is 0 Å². The Balaban J connectivity index is 8.48. The molecule has 34 heteroatoms. The van der Waals surface area contributed by atoms with E-state index in [0.29, 0.717) is 0 Å². The molecule has 8 atom stereocenters. The summed E-state index contributed by atoms with van der Waals surface area (Å²) >= 11 is 0. The van der Waals surface area contributed by atoms with Crippen LogP contribution >= 0.6 is 0 Å². The van der Waals surface area contributed by atoms with Crippen molar-refractivity contribution >= 4 is 47.8 Å². The monoisotopic (exact) mass is 1510 g/mol. The fourth-order valence-corrected chi connectivity index (χ4v) is 8.29. The van der Waals surface area contributed by atoms with Crippen LogP contribution in [0.5, 0.6) is 0 Å². The Labute approximate surface area is 612 Å². The summed E-state index contributed by atoms with van der Waals surface area (Å²) < 4.78 is 103. The third-order valence-electron chi connectivity index (χ3n) is 13.1. The molecule has 0 saturated carbocycles. The zero-order valence-corrected chi connectivity index (χ0v) is 61.3. The summed E-state index contributed by atoms with van der Waals surface area (Å²) in [5, 5.41) is 87.9. The lowest BCUT2D eigenvalue weighted by atomic mass is 9.89. The molecule has 0 aliphatic heterocycles. The van der Waals surface area contributed by atoms with Crippen molar-refractivity contribution < 1.29 is 164 Å². The number of aliphatic hydroxyl groups is 8. The SMILES string of the molecule is CC=CC(=O)OCC(O)COCC(COCC(O)COC(=O)C=CC)(COCC(O)COC(=O)C=CC)COCC(COCC(O)COC(=O)C=CC)(COCC(O)COC(=O)C=CC)COCC(COCC(O)COC(=O)C=CC)(COCC(O)COC(=O)C=CC)COCC(O)COC(=O)C=CC. The molecule has 600 valence electrons. The fraction of sp³-hybridized carbons (Fsp3) is 0.662. The molecular weight excluding hydrogens is 1400 g/mol. The van der Waals surface area contributed by atoms with Gasteiger partial charge in [0.2, 0.25) is 0 Å². The van der Waals surface area contributed by atoms with Crippen molar-refractivity contribution in [1.82, 2.24) is 0 Å². The average Bonchev–Trinajstić information content (AvgIpc) is 0.840. The molecule has 0 aromatic heterocycles. The Morgan fingerprint density at radius 2 is 0.305 bits per heavy atom. The lowest BCUT2D eigenvalue weighted by Crippen LogP contribution is -2.48. The number of esters is 8. The van der Waals surface area contributed by atoms with Crippen LogP contribution in [0.15, 0.2) is 97.2 Å². The maximum Gasteiger partial charge on any atom is 0.330 e. The minimum atomic E-state index is -1.69.